The van der Waals surface area contributed by atoms with E-state index in [-0.39, 0.29) is 12.5 Å². The number of rotatable bonds is 5. The number of carbonyl (C=O) groups is 1. The zero-order valence-electron chi connectivity index (χ0n) is 16.0. The van der Waals surface area contributed by atoms with Crippen LogP contribution in [0, 0.1) is 0 Å². The van der Waals surface area contributed by atoms with Crippen LogP contribution in [0.15, 0.2) is 91.0 Å². The van der Waals surface area contributed by atoms with Crippen LogP contribution in [0.1, 0.15) is 0 Å². The van der Waals surface area contributed by atoms with E-state index in [1.165, 1.54) is 0 Å². The summed E-state index contributed by atoms with van der Waals surface area (Å²) in [7, 11) is 0. The smallest absolute Gasteiger partial charge is 0.262 e. The number of hydrogen-bond acceptors (Lipinski definition) is 4. The quantitative estimate of drug-likeness (QED) is 0.473. The first-order valence-corrected chi connectivity index (χ1v) is 9.59. The van der Waals surface area contributed by atoms with Gasteiger partial charge in [0.15, 0.2) is 6.61 Å². The maximum absolute atomic E-state index is 12.3. The van der Waals surface area contributed by atoms with Crippen LogP contribution < -0.4 is 10.1 Å². The number of hydrogen-bond donors (Lipinski definition) is 1. The lowest BCUT2D eigenvalue weighted by atomic mass is 10.1. The zero-order chi connectivity index (χ0) is 20.3. The first-order valence-electron chi connectivity index (χ1n) is 9.59. The monoisotopic (exact) mass is 394 g/mol. The molecule has 0 atom stereocenters. The molecule has 6 heteroatoms. The molecular formula is C24H18N4O2. The summed E-state index contributed by atoms with van der Waals surface area (Å²) < 4.78 is 5.65. The van der Waals surface area contributed by atoms with Crippen LogP contribution in [-0.2, 0) is 4.79 Å². The average molecular weight is 394 g/mol. The Hall–Kier alpha value is -4.19. The van der Waals surface area contributed by atoms with E-state index in [0.717, 1.165) is 22.0 Å². The van der Waals surface area contributed by atoms with Gasteiger partial charge in [0.2, 0.25) is 0 Å². The van der Waals surface area contributed by atoms with Gasteiger partial charge in [0.05, 0.1) is 5.69 Å². The summed E-state index contributed by atoms with van der Waals surface area (Å²) in [5.74, 6) is 0.420. The lowest BCUT2D eigenvalue weighted by Crippen LogP contribution is -2.20. The number of nitrogens with zero attached hydrogens (tertiary/aromatic N) is 3. The van der Waals surface area contributed by atoms with Crippen molar-refractivity contribution in [2.75, 3.05) is 11.9 Å². The average Bonchev–Trinajstić information content (AvgIpc) is 3.22. The van der Waals surface area contributed by atoms with E-state index in [4.69, 9.17) is 4.74 Å². The highest BCUT2D eigenvalue weighted by Crippen LogP contribution is 2.21. The third-order valence-electron chi connectivity index (χ3n) is 4.74. The maximum atomic E-state index is 12.3. The van der Waals surface area contributed by atoms with Crippen molar-refractivity contribution in [1.82, 2.24) is 15.0 Å². The van der Waals surface area contributed by atoms with Crippen LogP contribution in [0.4, 0.5) is 5.69 Å². The van der Waals surface area contributed by atoms with Gasteiger partial charge in [-0.25, -0.2) is 0 Å². The van der Waals surface area contributed by atoms with Crippen LogP contribution in [0.5, 0.6) is 5.75 Å². The lowest BCUT2D eigenvalue weighted by molar-refractivity contribution is -0.118. The molecule has 5 rings (SSSR count). The highest BCUT2D eigenvalue weighted by Gasteiger charge is 2.08. The van der Waals surface area contributed by atoms with Gasteiger partial charge in [-0.05, 0) is 53.2 Å². The Bertz CT molecular complexity index is 1350. The van der Waals surface area contributed by atoms with Gasteiger partial charge in [0.1, 0.15) is 16.8 Å². The molecule has 4 aromatic carbocycles. The number of nitrogens with one attached hydrogen (secondary N) is 1. The van der Waals surface area contributed by atoms with Gasteiger partial charge in [0, 0.05) is 5.69 Å². The van der Waals surface area contributed by atoms with Gasteiger partial charge in [0.25, 0.3) is 5.91 Å². The summed E-state index contributed by atoms with van der Waals surface area (Å²) in [5, 5.41) is 14.0. The molecule has 0 unspecified atom stereocenters. The molecule has 0 aliphatic heterocycles. The number of ether oxygens (including phenoxy) is 1. The molecule has 1 heterocycles. The van der Waals surface area contributed by atoms with Gasteiger partial charge < -0.3 is 10.1 Å². The highest BCUT2D eigenvalue weighted by molar-refractivity contribution is 5.94. The second kappa shape index (κ2) is 7.67. The highest BCUT2D eigenvalue weighted by atomic mass is 16.5. The molecule has 146 valence electrons. The lowest BCUT2D eigenvalue weighted by Gasteiger charge is -2.08. The molecule has 1 amide bonds. The van der Waals surface area contributed by atoms with Crippen molar-refractivity contribution in [3.63, 3.8) is 0 Å². The predicted octanol–water partition coefficient (Wildman–Crippen LogP) is 4.59. The van der Waals surface area contributed by atoms with Gasteiger partial charge >= 0.3 is 0 Å². The molecular weight excluding hydrogens is 376 g/mol. The van der Waals surface area contributed by atoms with Crippen LogP contribution in [0.25, 0.3) is 27.5 Å². The number of fused-ring (bicyclic) bond motifs is 2. The Balaban J connectivity index is 1.27. The molecule has 1 aromatic heterocycles. The summed E-state index contributed by atoms with van der Waals surface area (Å²) >= 11 is 0. The van der Waals surface area contributed by atoms with E-state index in [9.17, 15) is 4.79 Å². The Morgan fingerprint density at radius 2 is 1.57 bits per heavy atom. The van der Waals surface area contributed by atoms with Crippen molar-refractivity contribution in [2.45, 2.75) is 0 Å². The predicted molar refractivity (Wildman–Crippen MR) is 117 cm³/mol. The van der Waals surface area contributed by atoms with Crippen molar-refractivity contribution in [2.24, 2.45) is 0 Å². The van der Waals surface area contributed by atoms with Crippen molar-refractivity contribution in [3.05, 3.63) is 91.0 Å². The number of aromatic nitrogens is 3. The Morgan fingerprint density at radius 3 is 2.43 bits per heavy atom. The minimum Gasteiger partial charge on any atom is -0.484 e. The summed E-state index contributed by atoms with van der Waals surface area (Å²) in [4.78, 5) is 13.9. The Labute approximate surface area is 172 Å². The zero-order valence-corrected chi connectivity index (χ0v) is 16.0. The van der Waals surface area contributed by atoms with Crippen molar-refractivity contribution in [1.29, 1.82) is 0 Å². The molecule has 0 fully saturated rings. The molecule has 0 aliphatic rings. The van der Waals surface area contributed by atoms with Gasteiger partial charge in [-0.2, -0.15) is 4.80 Å². The normalized spacial score (nSPS) is 10.9. The fourth-order valence-corrected chi connectivity index (χ4v) is 3.27. The number of para-hydroxylation sites is 1. The standard InChI is InChI=1S/C24H18N4O2/c29-24(16-30-21-12-10-17-6-4-5-7-18(17)14-21)25-19-11-13-22-23(15-19)27-28(26-22)20-8-2-1-3-9-20/h1-15H,16H2,(H,25,29). The van der Waals surface area contributed by atoms with Gasteiger partial charge in [-0.3, -0.25) is 4.79 Å². The minimum absolute atomic E-state index is 0.0763. The number of amides is 1. The number of benzene rings is 4. The van der Waals surface area contributed by atoms with E-state index in [2.05, 4.69) is 15.5 Å². The number of anilines is 1. The molecule has 0 aliphatic carbocycles. The largest absolute Gasteiger partial charge is 0.484 e. The molecule has 0 saturated heterocycles. The molecule has 0 bridgehead atoms. The molecule has 0 saturated carbocycles. The summed E-state index contributed by atoms with van der Waals surface area (Å²) in [5.41, 5.74) is 2.98. The molecule has 1 N–H and O–H groups in total. The second-order valence-electron chi connectivity index (χ2n) is 6.87. The number of carbonyl (C=O) groups excluding carboxylic acids is 1. The van der Waals surface area contributed by atoms with Crippen molar-refractivity contribution >= 4 is 33.4 Å². The topological polar surface area (TPSA) is 69.0 Å². The third kappa shape index (κ3) is 3.71. The fraction of sp³-hybridized carbons (Fsp3) is 0.0417. The summed E-state index contributed by atoms with van der Waals surface area (Å²) in [6, 6.07) is 28.9. The van der Waals surface area contributed by atoms with Gasteiger partial charge in [-0.1, -0.05) is 48.5 Å². The molecule has 30 heavy (non-hydrogen) atoms. The molecule has 5 aromatic rings. The van der Waals surface area contributed by atoms with Crippen LogP contribution in [-0.4, -0.2) is 27.5 Å². The Kier molecular flexibility index (Phi) is 4.57. The van der Waals surface area contributed by atoms with E-state index >= 15 is 0 Å². The maximum Gasteiger partial charge on any atom is 0.262 e. The van der Waals surface area contributed by atoms with Crippen LogP contribution in [0.3, 0.4) is 0 Å². The third-order valence-corrected chi connectivity index (χ3v) is 4.74. The van der Waals surface area contributed by atoms with Crippen molar-refractivity contribution in [3.8, 4) is 11.4 Å². The van der Waals surface area contributed by atoms with E-state index in [0.29, 0.717) is 17.0 Å². The SMILES string of the molecule is O=C(COc1ccc2ccccc2c1)Nc1ccc2nn(-c3ccccc3)nc2c1. The minimum atomic E-state index is -0.238. The second-order valence-corrected chi connectivity index (χ2v) is 6.87. The van der Waals surface area contributed by atoms with E-state index in [1.807, 2.05) is 78.9 Å². The molecule has 6 nitrogen and oxygen atoms in total. The van der Waals surface area contributed by atoms with E-state index < -0.39 is 0 Å². The van der Waals surface area contributed by atoms with Crippen LogP contribution >= 0.6 is 0 Å². The van der Waals surface area contributed by atoms with Crippen LogP contribution in [0.2, 0.25) is 0 Å². The van der Waals surface area contributed by atoms with E-state index in [1.54, 1.807) is 16.9 Å². The van der Waals surface area contributed by atoms with Gasteiger partial charge in [-0.15, -0.1) is 10.2 Å². The fourth-order valence-electron chi connectivity index (χ4n) is 3.27. The first-order chi connectivity index (χ1) is 14.7. The molecule has 0 spiro atoms. The summed E-state index contributed by atoms with van der Waals surface area (Å²) in [6.07, 6.45) is 0. The molecule has 0 radical (unpaired) electrons. The van der Waals surface area contributed by atoms with Crippen molar-refractivity contribution < 1.29 is 9.53 Å². The Morgan fingerprint density at radius 1 is 0.800 bits per heavy atom. The first kappa shape index (κ1) is 17.9. The summed E-state index contributed by atoms with van der Waals surface area (Å²) in [6.45, 7) is -0.0763.